The lowest BCUT2D eigenvalue weighted by Gasteiger charge is -2.27. The normalized spacial score (nSPS) is 19.5. The molecular weight excluding hydrogens is 351 g/mol. The van der Waals surface area contributed by atoms with E-state index in [1.54, 1.807) is 12.4 Å². The molecule has 1 aliphatic rings. The topological polar surface area (TPSA) is 114 Å². The fraction of sp³-hybridized carbons (Fsp3) is 0.684. The van der Waals surface area contributed by atoms with Crippen LogP contribution in [0.5, 0.6) is 0 Å². The number of carboxylic acids is 1. The van der Waals surface area contributed by atoms with Crippen LogP contribution in [0.2, 0.25) is 0 Å². The average Bonchev–Trinajstić information content (AvgIpc) is 2.62. The third-order valence-electron chi connectivity index (χ3n) is 5.48. The molecule has 1 fully saturated rings. The van der Waals surface area contributed by atoms with Crippen molar-refractivity contribution in [3.8, 4) is 0 Å². The van der Waals surface area contributed by atoms with E-state index in [2.05, 4.69) is 4.98 Å². The first kappa shape index (κ1) is 20.9. The first-order valence-electron chi connectivity index (χ1n) is 9.51. The smallest absolute Gasteiger partial charge is 0.481 e. The fourth-order valence-electron chi connectivity index (χ4n) is 4.08. The van der Waals surface area contributed by atoms with Gasteiger partial charge in [-0.2, -0.15) is 4.89 Å². The summed E-state index contributed by atoms with van der Waals surface area (Å²) in [6, 6.07) is 3.25. The Morgan fingerprint density at radius 2 is 1.92 bits per heavy atom. The zero-order valence-corrected chi connectivity index (χ0v) is 16.1. The molecule has 26 heavy (non-hydrogen) atoms. The van der Waals surface area contributed by atoms with Gasteiger partial charge in [-0.25, -0.2) is 0 Å². The Morgan fingerprint density at radius 1 is 1.27 bits per heavy atom. The number of pyridine rings is 1. The molecule has 1 heterocycles. The zero-order valence-electron chi connectivity index (χ0n) is 15.2. The Labute approximate surface area is 156 Å². The molecule has 0 aliphatic heterocycles. The number of nitrogens with two attached hydrogens (primary N) is 1. The Balaban J connectivity index is 1.97. The predicted octanol–water partition coefficient (Wildman–Crippen LogP) is 3.51. The van der Waals surface area contributed by atoms with Crippen molar-refractivity contribution < 1.29 is 19.4 Å². The maximum absolute atomic E-state index is 12.0. The number of carboxylic acid groups (broad SMARTS) is 1. The minimum absolute atomic E-state index is 0.350. The summed E-state index contributed by atoms with van der Waals surface area (Å²) >= 11 is 0. The summed E-state index contributed by atoms with van der Waals surface area (Å²) in [5.74, 6) is -1.47. The summed E-state index contributed by atoms with van der Waals surface area (Å²) < 4.78 is 12.0. The molecule has 4 unspecified atom stereocenters. The molecule has 0 amide bonds. The van der Waals surface area contributed by atoms with Gasteiger partial charge in [0.25, 0.3) is 0 Å². The van der Waals surface area contributed by atoms with E-state index >= 15 is 0 Å². The molecule has 0 spiro atoms. The Bertz CT molecular complexity index is 578. The molecule has 1 aromatic heterocycles. The van der Waals surface area contributed by atoms with Gasteiger partial charge in [0.15, 0.2) is 0 Å². The third-order valence-corrected chi connectivity index (χ3v) is 6.74. The second kappa shape index (κ2) is 10.7. The van der Waals surface area contributed by atoms with E-state index in [1.165, 1.54) is 19.3 Å². The number of aryl methyl sites for hydroxylation is 1. The fourth-order valence-corrected chi connectivity index (χ4v) is 5.11. The van der Waals surface area contributed by atoms with E-state index < -0.39 is 31.6 Å². The molecule has 6 nitrogen and oxygen atoms in total. The highest BCUT2D eigenvalue weighted by molar-refractivity contribution is 7.39. The number of hydrogen-bond acceptors (Lipinski definition) is 4. The summed E-state index contributed by atoms with van der Waals surface area (Å²) in [5.41, 5.74) is 6.45. The number of aromatic nitrogens is 1. The van der Waals surface area contributed by atoms with Gasteiger partial charge in [-0.05, 0) is 53.9 Å². The summed E-state index contributed by atoms with van der Waals surface area (Å²) in [4.78, 5) is 25.5. The second-order valence-electron chi connectivity index (χ2n) is 7.39. The van der Waals surface area contributed by atoms with E-state index in [0.29, 0.717) is 25.2 Å². The lowest BCUT2D eigenvalue weighted by molar-refractivity contribution is -0.142. The quantitative estimate of drug-likeness (QED) is 0.535. The van der Waals surface area contributed by atoms with Crippen LogP contribution in [0.3, 0.4) is 0 Å². The van der Waals surface area contributed by atoms with E-state index in [-0.39, 0.29) is 0 Å². The van der Waals surface area contributed by atoms with Crippen molar-refractivity contribution in [2.75, 3.05) is 0 Å². The first-order chi connectivity index (χ1) is 12.5. The van der Waals surface area contributed by atoms with Crippen molar-refractivity contribution in [2.45, 2.75) is 69.5 Å². The summed E-state index contributed by atoms with van der Waals surface area (Å²) in [6.07, 6.45) is 11.5. The van der Waals surface area contributed by atoms with Crippen molar-refractivity contribution in [1.29, 1.82) is 0 Å². The average molecular weight is 381 g/mol. The van der Waals surface area contributed by atoms with E-state index in [9.17, 15) is 19.4 Å². The minimum atomic E-state index is -2.64. The molecule has 1 aliphatic carbocycles. The summed E-state index contributed by atoms with van der Waals surface area (Å²) in [7, 11) is -2.64. The van der Waals surface area contributed by atoms with Crippen molar-refractivity contribution in [3.05, 3.63) is 30.1 Å². The van der Waals surface area contributed by atoms with Crippen LogP contribution in [0.25, 0.3) is 0 Å². The lowest BCUT2D eigenvalue weighted by Crippen LogP contribution is -2.42. The molecular formula is C19H30N2O4P+. The maximum atomic E-state index is 12.0. The van der Waals surface area contributed by atoms with Gasteiger partial charge in [-0.1, -0.05) is 32.1 Å². The molecule has 1 saturated carbocycles. The van der Waals surface area contributed by atoms with Gasteiger partial charge < -0.3 is 10.8 Å². The van der Waals surface area contributed by atoms with E-state index in [4.69, 9.17) is 5.73 Å². The first-order valence-corrected chi connectivity index (χ1v) is 10.8. The van der Waals surface area contributed by atoms with Crippen LogP contribution in [-0.2, 0) is 15.8 Å². The van der Waals surface area contributed by atoms with Gasteiger partial charge >= 0.3 is 14.0 Å². The predicted molar refractivity (Wildman–Crippen MR) is 101 cm³/mol. The molecule has 7 heteroatoms. The Hall–Kier alpha value is -1.36. The van der Waals surface area contributed by atoms with Crippen molar-refractivity contribution in [1.82, 2.24) is 4.98 Å². The molecule has 144 valence electrons. The molecule has 1 aromatic rings. The van der Waals surface area contributed by atoms with E-state index in [1.807, 2.05) is 12.1 Å². The van der Waals surface area contributed by atoms with Crippen molar-refractivity contribution in [2.24, 2.45) is 17.6 Å². The van der Waals surface area contributed by atoms with Gasteiger partial charge in [-0.3, -0.25) is 9.78 Å². The SMILES string of the molecule is NC(CC1CCCCC1)C(C(CCCc1ccncc1)C(=O)O)[P+](=O)O. The van der Waals surface area contributed by atoms with Gasteiger partial charge in [0.2, 0.25) is 5.66 Å². The number of aliphatic carboxylic acids is 1. The van der Waals surface area contributed by atoms with E-state index in [0.717, 1.165) is 24.8 Å². The highest BCUT2D eigenvalue weighted by atomic mass is 31.1. The molecule has 0 bridgehead atoms. The largest absolute Gasteiger partial charge is 0.511 e. The van der Waals surface area contributed by atoms with Gasteiger partial charge in [-0.15, -0.1) is 0 Å². The summed E-state index contributed by atoms with van der Waals surface area (Å²) in [6.45, 7) is 0. The van der Waals surface area contributed by atoms with Crippen LogP contribution in [0, 0.1) is 11.8 Å². The molecule has 4 atom stereocenters. The van der Waals surface area contributed by atoms with Gasteiger partial charge in [0, 0.05) is 12.4 Å². The maximum Gasteiger partial charge on any atom is 0.511 e. The van der Waals surface area contributed by atoms with Gasteiger partial charge in [0.1, 0.15) is 5.92 Å². The van der Waals surface area contributed by atoms with Crippen molar-refractivity contribution in [3.63, 3.8) is 0 Å². The lowest BCUT2D eigenvalue weighted by atomic mass is 9.82. The van der Waals surface area contributed by atoms with Crippen LogP contribution >= 0.6 is 8.03 Å². The van der Waals surface area contributed by atoms with Gasteiger partial charge in [0.05, 0.1) is 6.04 Å². The monoisotopic (exact) mass is 381 g/mol. The third kappa shape index (κ3) is 6.42. The highest BCUT2D eigenvalue weighted by Gasteiger charge is 2.46. The Morgan fingerprint density at radius 3 is 2.50 bits per heavy atom. The molecule has 0 saturated heterocycles. The number of carbonyl (C=O) groups is 1. The molecule has 0 aromatic carbocycles. The molecule has 2 rings (SSSR count). The van der Waals surface area contributed by atoms with Crippen molar-refractivity contribution >= 4 is 14.0 Å². The number of hydrogen-bond donors (Lipinski definition) is 3. The zero-order chi connectivity index (χ0) is 18.9. The Kier molecular flexibility index (Phi) is 8.63. The molecule has 4 N–H and O–H groups in total. The minimum Gasteiger partial charge on any atom is -0.481 e. The number of nitrogens with zero attached hydrogens (tertiary/aromatic N) is 1. The van der Waals surface area contributed by atoms with Crippen LogP contribution in [0.4, 0.5) is 0 Å². The van der Waals surface area contributed by atoms with Crippen LogP contribution in [0.15, 0.2) is 24.5 Å². The highest BCUT2D eigenvalue weighted by Crippen LogP contribution is 2.38. The van der Waals surface area contributed by atoms with Crippen LogP contribution < -0.4 is 5.73 Å². The standard InChI is InChI=1S/C19H29N2O4P/c20-17(13-15-5-2-1-3-6-15)18(26(24)25)16(19(22)23)8-4-7-14-9-11-21-12-10-14/h9-12,15-18H,1-8,13,20H2,(H-,22,23,24,25)/p+1. The molecule has 0 radical (unpaired) electrons. The van der Waals surface area contributed by atoms with Crippen LogP contribution in [-0.4, -0.2) is 32.7 Å². The second-order valence-corrected chi connectivity index (χ2v) is 8.59. The summed E-state index contributed by atoms with van der Waals surface area (Å²) in [5, 5.41) is 9.64. The number of rotatable bonds is 10. The van der Waals surface area contributed by atoms with Crippen LogP contribution in [0.1, 0.15) is 56.9 Å².